The molecule has 0 aromatic heterocycles. The number of carbonyl (C=O) groups is 1. The number of carbonyl (C=O) groups excluding carboxylic acids is 1. The highest BCUT2D eigenvalue weighted by molar-refractivity contribution is 5.92. The van der Waals surface area contributed by atoms with E-state index in [0.717, 1.165) is 43.3 Å². The number of nitrogens with zero attached hydrogens (tertiary/aromatic N) is 3. The Labute approximate surface area is 157 Å². The number of benzene rings is 2. The van der Waals surface area contributed by atoms with Gasteiger partial charge in [-0.05, 0) is 30.3 Å². The summed E-state index contributed by atoms with van der Waals surface area (Å²) in [6, 6.07) is 13.9. The Morgan fingerprint density at radius 2 is 1.85 bits per heavy atom. The molecule has 2 aromatic carbocycles. The van der Waals surface area contributed by atoms with Crippen molar-refractivity contribution in [3.05, 3.63) is 58.6 Å². The number of nitro benzene ring substituents is 1. The van der Waals surface area contributed by atoms with E-state index >= 15 is 0 Å². The van der Waals surface area contributed by atoms with E-state index in [1.807, 2.05) is 6.07 Å². The molecule has 1 saturated heterocycles. The van der Waals surface area contributed by atoms with Crippen molar-refractivity contribution in [3.8, 4) is 5.75 Å². The average Bonchev–Trinajstić information content (AvgIpc) is 2.69. The van der Waals surface area contributed by atoms with E-state index < -0.39 is 0 Å². The lowest BCUT2D eigenvalue weighted by molar-refractivity contribution is -0.384. The number of amides is 1. The number of piperazine rings is 1. The molecule has 1 aliphatic rings. The van der Waals surface area contributed by atoms with Gasteiger partial charge < -0.3 is 15.0 Å². The molecule has 8 heteroatoms. The van der Waals surface area contributed by atoms with Crippen molar-refractivity contribution in [2.24, 2.45) is 0 Å². The molecular formula is C19H22N4O4. The predicted molar refractivity (Wildman–Crippen MR) is 103 cm³/mol. The SMILES string of the molecule is COc1ccc(NC(=O)CN2CCN(c3cccc([N+](=O)[O-])c3)CC2)cc1. The molecule has 0 aliphatic carbocycles. The Balaban J connectivity index is 1.49. The predicted octanol–water partition coefficient (Wildman–Crippen LogP) is 2.36. The van der Waals surface area contributed by atoms with Crippen LogP contribution in [0.1, 0.15) is 0 Å². The number of hydrogen-bond donors (Lipinski definition) is 1. The average molecular weight is 370 g/mol. The first-order chi connectivity index (χ1) is 13.0. The quantitative estimate of drug-likeness (QED) is 0.620. The van der Waals surface area contributed by atoms with E-state index in [-0.39, 0.29) is 16.5 Å². The molecule has 0 unspecified atom stereocenters. The molecule has 1 aliphatic heterocycles. The summed E-state index contributed by atoms with van der Waals surface area (Å²) in [5.74, 6) is 0.675. The molecule has 27 heavy (non-hydrogen) atoms. The fraction of sp³-hybridized carbons (Fsp3) is 0.316. The van der Waals surface area contributed by atoms with E-state index in [9.17, 15) is 14.9 Å². The molecule has 1 fully saturated rings. The zero-order valence-electron chi connectivity index (χ0n) is 15.1. The molecule has 0 bridgehead atoms. The number of nitro groups is 1. The summed E-state index contributed by atoms with van der Waals surface area (Å²) in [4.78, 5) is 26.9. The first-order valence-electron chi connectivity index (χ1n) is 8.71. The number of hydrogen-bond acceptors (Lipinski definition) is 6. The molecule has 0 radical (unpaired) electrons. The number of rotatable bonds is 6. The van der Waals surface area contributed by atoms with E-state index in [2.05, 4.69) is 15.1 Å². The second-order valence-corrected chi connectivity index (χ2v) is 6.32. The topological polar surface area (TPSA) is 88.0 Å². The highest BCUT2D eigenvalue weighted by Gasteiger charge is 2.20. The largest absolute Gasteiger partial charge is 0.497 e. The fourth-order valence-corrected chi connectivity index (χ4v) is 3.05. The van der Waals surface area contributed by atoms with Crippen LogP contribution >= 0.6 is 0 Å². The van der Waals surface area contributed by atoms with Crippen LogP contribution in [0.4, 0.5) is 17.1 Å². The van der Waals surface area contributed by atoms with Gasteiger partial charge in [0.1, 0.15) is 5.75 Å². The first-order valence-corrected chi connectivity index (χ1v) is 8.71. The molecule has 8 nitrogen and oxygen atoms in total. The number of anilines is 2. The maximum atomic E-state index is 12.2. The van der Waals surface area contributed by atoms with Gasteiger partial charge in [-0.3, -0.25) is 19.8 Å². The molecule has 0 saturated carbocycles. The Bertz CT molecular complexity index is 802. The van der Waals surface area contributed by atoms with E-state index in [4.69, 9.17) is 4.74 Å². The summed E-state index contributed by atoms with van der Waals surface area (Å²) in [5.41, 5.74) is 1.66. The third-order valence-corrected chi connectivity index (χ3v) is 4.52. The molecule has 0 atom stereocenters. The van der Waals surface area contributed by atoms with E-state index in [0.29, 0.717) is 6.54 Å². The number of non-ortho nitro benzene ring substituents is 1. The molecule has 0 spiro atoms. The maximum absolute atomic E-state index is 12.2. The standard InChI is InChI=1S/C19H22N4O4/c1-27-18-7-5-15(6-8-18)20-19(24)14-21-9-11-22(12-10-21)16-3-2-4-17(13-16)23(25)26/h2-8,13H,9-12,14H2,1H3,(H,20,24). The second kappa shape index (κ2) is 8.50. The Morgan fingerprint density at radius 1 is 1.15 bits per heavy atom. The van der Waals surface area contributed by atoms with Gasteiger partial charge in [-0.25, -0.2) is 0 Å². The van der Waals surface area contributed by atoms with Gasteiger partial charge in [0.15, 0.2) is 0 Å². The van der Waals surface area contributed by atoms with Crippen LogP contribution in [0, 0.1) is 10.1 Å². The molecule has 142 valence electrons. The van der Waals surface area contributed by atoms with Crippen LogP contribution in [0.15, 0.2) is 48.5 Å². The minimum atomic E-state index is -0.386. The Kier molecular flexibility index (Phi) is 5.87. The van der Waals surface area contributed by atoms with Gasteiger partial charge in [-0.2, -0.15) is 0 Å². The highest BCUT2D eigenvalue weighted by atomic mass is 16.6. The monoisotopic (exact) mass is 370 g/mol. The molecular weight excluding hydrogens is 348 g/mol. The lowest BCUT2D eigenvalue weighted by Gasteiger charge is -2.35. The molecule has 2 aromatic rings. The normalized spacial score (nSPS) is 14.6. The van der Waals surface area contributed by atoms with Crippen molar-refractivity contribution in [2.75, 3.05) is 50.1 Å². The summed E-state index contributed by atoms with van der Waals surface area (Å²) in [7, 11) is 1.60. The summed E-state index contributed by atoms with van der Waals surface area (Å²) < 4.78 is 5.10. The summed E-state index contributed by atoms with van der Waals surface area (Å²) >= 11 is 0. The van der Waals surface area contributed by atoms with Crippen LogP contribution in [0.2, 0.25) is 0 Å². The fourth-order valence-electron chi connectivity index (χ4n) is 3.05. The van der Waals surface area contributed by atoms with Crippen molar-refractivity contribution in [2.45, 2.75) is 0 Å². The van der Waals surface area contributed by atoms with Crippen LogP contribution in [0.5, 0.6) is 5.75 Å². The lowest BCUT2D eigenvalue weighted by atomic mass is 10.2. The van der Waals surface area contributed by atoms with Gasteiger partial charge in [0.25, 0.3) is 5.69 Å². The van der Waals surface area contributed by atoms with Crippen LogP contribution in [-0.2, 0) is 4.79 Å². The maximum Gasteiger partial charge on any atom is 0.271 e. The van der Waals surface area contributed by atoms with Crippen molar-refractivity contribution in [1.29, 1.82) is 0 Å². The van der Waals surface area contributed by atoms with Crippen molar-refractivity contribution in [3.63, 3.8) is 0 Å². The zero-order chi connectivity index (χ0) is 19.2. The third-order valence-electron chi connectivity index (χ3n) is 4.52. The number of nitrogens with one attached hydrogen (secondary N) is 1. The van der Waals surface area contributed by atoms with E-state index in [1.54, 1.807) is 43.5 Å². The highest BCUT2D eigenvalue weighted by Crippen LogP contribution is 2.22. The van der Waals surface area contributed by atoms with Gasteiger partial charge in [0.2, 0.25) is 5.91 Å². The third kappa shape index (κ3) is 4.95. The van der Waals surface area contributed by atoms with Crippen molar-refractivity contribution < 1.29 is 14.5 Å². The van der Waals surface area contributed by atoms with Gasteiger partial charge in [0.05, 0.1) is 18.6 Å². The van der Waals surface area contributed by atoms with Gasteiger partial charge in [-0.1, -0.05) is 6.07 Å². The summed E-state index contributed by atoms with van der Waals surface area (Å²) in [6.07, 6.45) is 0. The smallest absolute Gasteiger partial charge is 0.271 e. The summed E-state index contributed by atoms with van der Waals surface area (Å²) in [6.45, 7) is 3.19. The van der Waals surface area contributed by atoms with Crippen LogP contribution in [0.3, 0.4) is 0 Å². The summed E-state index contributed by atoms with van der Waals surface area (Å²) in [5, 5.41) is 13.8. The minimum absolute atomic E-state index is 0.0658. The Morgan fingerprint density at radius 3 is 2.48 bits per heavy atom. The second-order valence-electron chi connectivity index (χ2n) is 6.32. The minimum Gasteiger partial charge on any atom is -0.497 e. The van der Waals surface area contributed by atoms with Crippen molar-refractivity contribution >= 4 is 23.0 Å². The molecule has 1 N–H and O–H groups in total. The van der Waals surface area contributed by atoms with E-state index in [1.165, 1.54) is 6.07 Å². The van der Waals surface area contributed by atoms with Gasteiger partial charge in [-0.15, -0.1) is 0 Å². The molecule has 1 amide bonds. The van der Waals surface area contributed by atoms with Crippen molar-refractivity contribution in [1.82, 2.24) is 4.90 Å². The van der Waals surface area contributed by atoms with Gasteiger partial charge >= 0.3 is 0 Å². The number of methoxy groups -OCH3 is 1. The van der Waals surface area contributed by atoms with Crippen LogP contribution in [0.25, 0.3) is 0 Å². The van der Waals surface area contributed by atoms with Crippen LogP contribution < -0.4 is 15.0 Å². The number of ether oxygens (including phenoxy) is 1. The Hall–Kier alpha value is -3.13. The lowest BCUT2D eigenvalue weighted by Crippen LogP contribution is -2.48. The van der Waals surface area contributed by atoms with Gasteiger partial charge in [0, 0.05) is 49.7 Å². The zero-order valence-corrected chi connectivity index (χ0v) is 15.1. The first kappa shape index (κ1) is 18.7. The van der Waals surface area contributed by atoms with Crippen LogP contribution in [-0.4, -0.2) is 55.6 Å². The molecule has 1 heterocycles. The molecule has 3 rings (SSSR count).